The predicted molar refractivity (Wildman–Crippen MR) is 64.1 cm³/mol. The molecule has 0 saturated carbocycles. The smallest absolute Gasteiger partial charge is 0.331 e. The number of hydrazine groups is 2. The van der Waals surface area contributed by atoms with E-state index in [-0.39, 0.29) is 13.1 Å². The Labute approximate surface area is 109 Å². The summed E-state index contributed by atoms with van der Waals surface area (Å²) in [5.74, 6) is 3.56. The summed E-state index contributed by atoms with van der Waals surface area (Å²) in [6.45, 7) is -0.643. The van der Waals surface area contributed by atoms with E-state index in [1.165, 1.54) is 19.0 Å². The minimum atomic E-state index is -0.795. The summed E-state index contributed by atoms with van der Waals surface area (Å²) in [6.07, 6.45) is 0. The van der Waals surface area contributed by atoms with Crippen LogP contribution in [0.5, 0.6) is 0 Å². The predicted octanol–water partition coefficient (Wildman–Crippen LogP) is -3.42. The van der Waals surface area contributed by atoms with Crippen LogP contribution in [-0.4, -0.2) is 56.0 Å². The van der Waals surface area contributed by atoms with Gasteiger partial charge in [-0.3, -0.25) is 20.4 Å². The first kappa shape index (κ1) is 16.4. The maximum absolute atomic E-state index is 11.2. The lowest BCUT2D eigenvalue weighted by Gasteiger charge is -2.12. The molecular weight excluding hydrogens is 258 g/mol. The summed E-state index contributed by atoms with van der Waals surface area (Å²) in [4.78, 5) is 45.2. The number of amides is 6. The van der Waals surface area contributed by atoms with Crippen molar-refractivity contribution in [3.8, 4) is 0 Å². The summed E-state index contributed by atoms with van der Waals surface area (Å²) in [5.41, 5.74) is 5.81. The van der Waals surface area contributed by atoms with Crippen LogP contribution in [-0.2, 0) is 9.59 Å². The van der Waals surface area contributed by atoms with Gasteiger partial charge in [0.15, 0.2) is 0 Å². The maximum atomic E-state index is 11.2. The fourth-order valence-corrected chi connectivity index (χ4v) is 0.740. The zero-order valence-corrected chi connectivity index (χ0v) is 10.6. The normalized spacial score (nSPS) is 9.00. The number of nitrogens with two attached hydrogens (primary N) is 1. The quantitative estimate of drug-likeness (QED) is 0.179. The number of nitrogens with one attached hydrogen (secondary N) is 5. The molecule has 0 aromatic rings. The molecule has 11 nitrogen and oxygen atoms in total. The van der Waals surface area contributed by atoms with E-state index >= 15 is 0 Å². The van der Waals surface area contributed by atoms with Crippen molar-refractivity contribution in [2.75, 3.05) is 27.2 Å². The molecule has 7 N–H and O–H groups in total. The molecule has 6 amide bonds. The van der Waals surface area contributed by atoms with Crippen molar-refractivity contribution in [1.29, 1.82) is 0 Å². The van der Waals surface area contributed by atoms with Crippen molar-refractivity contribution in [2.24, 2.45) is 5.84 Å². The standard InChI is InChI=1S/C8H17N7O4/c1-15(2)8(19)11-4-6(17)13-14-7(18)10-3-5(16)12-9/h3-4,9H2,1-2H3,(H,11,19)(H,12,16)(H,13,17)(H2,10,14,18). The van der Waals surface area contributed by atoms with Crippen LogP contribution in [0.15, 0.2) is 0 Å². The lowest BCUT2D eigenvalue weighted by molar-refractivity contribution is -0.121. The number of rotatable bonds is 4. The van der Waals surface area contributed by atoms with Crippen molar-refractivity contribution >= 4 is 23.9 Å². The van der Waals surface area contributed by atoms with E-state index < -0.39 is 23.9 Å². The van der Waals surface area contributed by atoms with Crippen LogP contribution in [0.1, 0.15) is 0 Å². The fraction of sp³-hybridized carbons (Fsp3) is 0.500. The molecule has 0 radical (unpaired) electrons. The number of hydrogen-bond donors (Lipinski definition) is 6. The Kier molecular flexibility index (Phi) is 7.37. The van der Waals surface area contributed by atoms with Crippen LogP contribution in [0.4, 0.5) is 9.59 Å². The van der Waals surface area contributed by atoms with E-state index in [2.05, 4.69) is 10.6 Å². The molecule has 0 bridgehead atoms. The van der Waals surface area contributed by atoms with Gasteiger partial charge in [-0.05, 0) is 0 Å². The first-order valence-electron chi connectivity index (χ1n) is 5.14. The second-order valence-corrected chi connectivity index (χ2v) is 3.48. The maximum Gasteiger partial charge on any atom is 0.333 e. The van der Waals surface area contributed by atoms with E-state index in [1.54, 1.807) is 0 Å². The Morgan fingerprint density at radius 3 is 2.05 bits per heavy atom. The molecule has 108 valence electrons. The highest BCUT2D eigenvalue weighted by atomic mass is 16.2. The minimum Gasteiger partial charge on any atom is -0.331 e. The molecule has 0 saturated heterocycles. The highest BCUT2D eigenvalue weighted by Crippen LogP contribution is 1.75. The molecule has 0 heterocycles. The van der Waals surface area contributed by atoms with Crippen LogP contribution in [0.25, 0.3) is 0 Å². The number of carbonyl (C=O) groups is 4. The SMILES string of the molecule is CN(C)C(=O)NCC(=O)NNC(=O)NCC(=O)NN. The molecule has 0 aromatic carbocycles. The van der Waals surface area contributed by atoms with Crippen LogP contribution >= 0.6 is 0 Å². The molecule has 0 aliphatic heterocycles. The summed E-state index contributed by atoms with van der Waals surface area (Å²) < 4.78 is 0. The average Bonchev–Trinajstić information content (AvgIpc) is 2.39. The second kappa shape index (κ2) is 8.52. The monoisotopic (exact) mass is 275 g/mol. The zero-order valence-electron chi connectivity index (χ0n) is 10.6. The van der Waals surface area contributed by atoms with Crippen molar-refractivity contribution < 1.29 is 19.2 Å². The molecule has 0 spiro atoms. The number of nitrogens with zero attached hydrogens (tertiary/aromatic N) is 1. The van der Waals surface area contributed by atoms with Gasteiger partial charge in [-0.25, -0.2) is 20.9 Å². The molecule has 0 aliphatic rings. The Bertz CT molecular complexity index is 357. The lowest BCUT2D eigenvalue weighted by atomic mass is 10.6. The fourth-order valence-electron chi connectivity index (χ4n) is 0.740. The van der Waals surface area contributed by atoms with Gasteiger partial charge in [-0.1, -0.05) is 0 Å². The number of urea groups is 2. The molecule has 0 fully saturated rings. The lowest BCUT2D eigenvalue weighted by Crippen LogP contribution is -2.52. The van der Waals surface area contributed by atoms with Gasteiger partial charge in [0.05, 0.1) is 6.54 Å². The highest BCUT2D eigenvalue weighted by Gasteiger charge is 2.08. The van der Waals surface area contributed by atoms with Gasteiger partial charge in [-0.2, -0.15) is 0 Å². The summed E-state index contributed by atoms with van der Waals surface area (Å²) in [5, 5.41) is 4.41. The second-order valence-electron chi connectivity index (χ2n) is 3.48. The van der Waals surface area contributed by atoms with Gasteiger partial charge < -0.3 is 15.5 Å². The van der Waals surface area contributed by atoms with Gasteiger partial charge in [-0.15, -0.1) is 0 Å². The molecule has 0 unspecified atom stereocenters. The number of carbonyl (C=O) groups excluding carboxylic acids is 4. The Balaban J connectivity index is 3.75. The molecule has 11 heteroatoms. The van der Waals surface area contributed by atoms with Gasteiger partial charge >= 0.3 is 12.1 Å². The highest BCUT2D eigenvalue weighted by molar-refractivity contribution is 5.87. The average molecular weight is 275 g/mol. The molecule has 0 aromatic heterocycles. The molecular formula is C8H17N7O4. The molecule has 0 atom stereocenters. The first-order valence-corrected chi connectivity index (χ1v) is 5.14. The van der Waals surface area contributed by atoms with E-state index in [0.717, 1.165) is 0 Å². The summed E-state index contributed by atoms with van der Waals surface area (Å²) in [7, 11) is 3.03. The van der Waals surface area contributed by atoms with Gasteiger partial charge in [0.1, 0.15) is 6.54 Å². The Hall–Kier alpha value is -2.56. The molecule has 19 heavy (non-hydrogen) atoms. The first-order chi connectivity index (χ1) is 8.86. The van der Waals surface area contributed by atoms with Crippen molar-refractivity contribution in [2.45, 2.75) is 0 Å². The van der Waals surface area contributed by atoms with Crippen LogP contribution in [0.2, 0.25) is 0 Å². The van der Waals surface area contributed by atoms with Gasteiger partial charge in [0, 0.05) is 14.1 Å². The van der Waals surface area contributed by atoms with Crippen LogP contribution < -0.4 is 32.8 Å². The van der Waals surface area contributed by atoms with E-state index in [4.69, 9.17) is 5.84 Å². The van der Waals surface area contributed by atoms with E-state index in [9.17, 15) is 19.2 Å². The van der Waals surface area contributed by atoms with Crippen molar-refractivity contribution in [1.82, 2.24) is 31.8 Å². The van der Waals surface area contributed by atoms with Crippen LogP contribution in [0, 0.1) is 0 Å². The summed E-state index contributed by atoms with van der Waals surface area (Å²) in [6, 6.07) is -1.24. The van der Waals surface area contributed by atoms with Gasteiger partial charge in [0.25, 0.3) is 11.8 Å². The zero-order chi connectivity index (χ0) is 14.8. The summed E-state index contributed by atoms with van der Waals surface area (Å²) >= 11 is 0. The van der Waals surface area contributed by atoms with Crippen molar-refractivity contribution in [3.63, 3.8) is 0 Å². The third kappa shape index (κ3) is 8.20. The third-order valence-corrected chi connectivity index (χ3v) is 1.69. The van der Waals surface area contributed by atoms with E-state index in [0.29, 0.717) is 0 Å². The largest absolute Gasteiger partial charge is 0.333 e. The van der Waals surface area contributed by atoms with Crippen molar-refractivity contribution in [3.05, 3.63) is 0 Å². The molecule has 0 rings (SSSR count). The minimum absolute atomic E-state index is 0.305. The Morgan fingerprint density at radius 1 is 0.947 bits per heavy atom. The van der Waals surface area contributed by atoms with E-state index in [1.807, 2.05) is 16.3 Å². The Morgan fingerprint density at radius 2 is 1.53 bits per heavy atom. The topological polar surface area (TPSA) is 158 Å². The third-order valence-electron chi connectivity index (χ3n) is 1.69. The van der Waals surface area contributed by atoms with Gasteiger partial charge in [0.2, 0.25) is 0 Å². The number of hydrogen-bond acceptors (Lipinski definition) is 5. The van der Waals surface area contributed by atoms with Crippen LogP contribution in [0.3, 0.4) is 0 Å². The molecule has 0 aliphatic carbocycles.